The molecule has 0 saturated heterocycles. The van der Waals surface area contributed by atoms with Crippen LogP contribution in [0.4, 0.5) is 0 Å². The first kappa shape index (κ1) is 11.0. The minimum Gasteiger partial charge on any atom is -0.504 e. The zero-order valence-electron chi connectivity index (χ0n) is 8.00. The molecule has 0 radical (unpaired) electrons. The Kier molecular flexibility index (Phi) is 3.09. The Morgan fingerprint density at radius 2 is 1.93 bits per heavy atom. The lowest BCUT2D eigenvalue weighted by molar-refractivity contribution is 0.403. The van der Waals surface area contributed by atoms with Gasteiger partial charge in [0.25, 0.3) is 0 Å². The molecule has 1 heterocycles. The number of benzene rings is 1. The number of hydrogen-bond donors (Lipinski definition) is 2. The average Bonchev–Trinajstić information content (AvgIpc) is 2.38. The maximum absolute atomic E-state index is 9.51. The quantitative estimate of drug-likeness (QED) is 0.570. The Balaban J connectivity index is 2.48. The zero-order chi connectivity index (χ0) is 11.0. The molecular weight excluding hydrogens is 281 g/mol. The Hall–Kier alpha value is -0.450. The number of rotatable bonds is 0. The van der Waals surface area contributed by atoms with Gasteiger partial charge in [-0.25, -0.2) is 3.93 Å². The topological polar surface area (TPSA) is 43.7 Å². The highest BCUT2D eigenvalue weighted by molar-refractivity contribution is 9.07. The molecule has 0 spiro atoms. The minimum absolute atomic E-state index is 0.137. The van der Waals surface area contributed by atoms with Gasteiger partial charge in [0.1, 0.15) is 0 Å². The molecule has 0 aliphatic carbocycles. The summed E-state index contributed by atoms with van der Waals surface area (Å²) in [6, 6.07) is 1.60. The number of phenols is 2. The van der Waals surface area contributed by atoms with E-state index >= 15 is 0 Å². The van der Waals surface area contributed by atoms with Crippen molar-refractivity contribution in [1.29, 1.82) is 0 Å². The van der Waals surface area contributed by atoms with Gasteiger partial charge in [0, 0.05) is 29.2 Å². The molecule has 0 atom stereocenters. The lowest BCUT2D eigenvalue weighted by atomic mass is 10.0. The van der Waals surface area contributed by atoms with Crippen LogP contribution in [-0.4, -0.2) is 27.2 Å². The smallest absolute Gasteiger partial charge is 0.176 e. The molecule has 0 saturated carbocycles. The van der Waals surface area contributed by atoms with Crippen LogP contribution in [-0.2, 0) is 12.8 Å². The van der Waals surface area contributed by atoms with E-state index < -0.39 is 0 Å². The molecule has 0 bridgehead atoms. The molecule has 2 rings (SSSR count). The van der Waals surface area contributed by atoms with Gasteiger partial charge in [-0.2, -0.15) is 0 Å². The number of hydrogen-bond acceptors (Lipinski definition) is 3. The van der Waals surface area contributed by atoms with E-state index in [1.165, 1.54) is 0 Å². The van der Waals surface area contributed by atoms with Crippen molar-refractivity contribution in [1.82, 2.24) is 3.93 Å². The van der Waals surface area contributed by atoms with Gasteiger partial charge >= 0.3 is 0 Å². The molecule has 0 unspecified atom stereocenters. The van der Waals surface area contributed by atoms with Crippen LogP contribution in [0, 0.1) is 0 Å². The van der Waals surface area contributed by atoms with E-state index in [2.05, 4.69) is 16.1 Å². The lowest BCUT2D eigenvalue weighted by Gasteiger charge is -2.10. The largest absolute Gasteiger partial charge is 0.504 e. The van der Waals surface area contributed by atoms with Crippen molar-refractivity contribution < 1.29 is 10.2 Å². The van der Waals surface area contributed by atoms with Crippen molar-refractivity contribution in [3.8, 4) is 11.5 Å². The molecule has 5 heteroatoms. The Bertz CT molecular complexity index is 397. The molecule has 1 aromatic rings. The van der Waals surface area contributed by atoms with E-state index in [4.69, 9.17) is 11.6 Å². The summed E-state index contributed by atoms with van der Waals surface area (Å²) >= 11 is 9.42. The SMILES string of the molecule is Oc1cc2c(c(Cl)c1O)CCN(Br)CC2. The fourth-order valence-electron chi connectivity index (χ4n) is 1.80. The van der Waals surface area contributed by atoms with Gasteiger partial charge in [-0.15, -0.1) is 0 Å². The first-order valence-corrected chi connectivity index (χ1v) is 5.81. The van der Waals surface area contributed by atoms with Crippen molar-refractivity contribution >= 4 is 27.7 Å². The van der Waals surface area contributed by atoms with Crippen molar-refractivity contribution in [2.45, 2.75) is 12.8 Å². The molecule has 15 heavy (non-hydrogen) atoms. The van der Waals surface area contributed by atoms with Crippen LogP contribution in [0.2, 0.25) is 5.02 Å². The highest BCUT2D eigenvalue weighted by Crippen LogP contribution is 2.39. The summed E-state index contributed by atoms with van der Waals surface area (Å²) in [5.41, 5.74) is 1.95. The summed E-state index contributed by atoms with van der Waals surface area (Å²) in [4.78, 5) is 0. The number of fused-ring (bicyclic) bond motifs is 1. The number of halogens is 2. The summed E-state index contributed by atoms with van der Waals surface area (Å²) < 4.78 is 2.03. The molecule has 0 aromatic heterocycles. The van der Waals surface area contributed by atoms with Crippen molar-refractivity contribution in [2.24, 2.45) is 0 Å². The molecule has 3 nitrogen and oxygen atoms in total. The van der Waals surface area contributed by atoms with Gasteiger partial charge in [-0.05, 0) is 30.0 Å². The highest BCUT2D eigenvalue weighted by atomic mass is 79.9. The van der Waals surface area contributed by atoms with Crippen LogP contribution in [0.1, 0.15) is 11.1 Å². The predicted molar refractivity (Wildman–Crippen MR) is 62.7 cm³/mol. The Morgan fingerprint density at radius 1 is 1.27 bits per heavy atom. The Morgan fingerprint density at radius 3 is 2.67 bits per heavy atom. The van der Waals surface area contributed by atoms with Gasteiger partial charge < -0.3 is 10.2 Å². The second kappa shape index (κ2) is 4.20. The fraction of sp³-hybridized carbons (Fsp3) is 0.400. The van der Waals surface area contributed by atoms with Crippen LogP contribution in [0.25, 0.3) is 0 Å². The van der Waals surface area contributed by atoms with Crippen LogP contribution in [0.5, 0.6) is 11.5 Å². The summed E-state index contributed by atoms with van der Waals surface area (Å²) in [5, 5.41) is 19.3. The normalized spacial score (nSPS) is 17.2. The molecule has 1 aliphatic rings. The van der Waals surface area contributed by atoms with Crippen LogP contribution < -0.4 is 0 Å². The maximum Gasteiger partial charge on any atom is 0.176 e. The van der Waals surface area contributed by atoms with Gasteiger partial charge in [-0.1, -0.05) is 11.6 Å². The van der Waals surface area contributed by atoms with E-state index in [-0.39, 0.29) is 16.5 Å². The summed E-state index contributed by atoms with van der Waals surface area (Å²) in [6.45, 7) is 1.71. The number of nitrogens with zero attached hydrogens (tertiary/aromatic N) is 1. The summed E-state index contributed by atoms with van der Waals surface area (Å²) in [5.74, 6) is -0.347. The number of phenolic OH excluding ortho intramolecular Hbond substituents is 2. The van der Waals surface area contributed by atoms with Crippen molar-refractivity contribution in [3.63, 3.8) is 0 Å². The van der Waals surface area contributed by atoms with Gasteiger partial charge in [0.15, 0.2) is 11.5 Å². The third-order valence-corrected chi connectivity index (χ3v) is 3.76. The second-order valence-corrected chi connectivity index (χ2v) is 4.99. The van der Waals surface area contributed by atoms with E-state index in [9.17, 15) is 10.2 Å². The molecule has 2 N–H and O–H groups in total. The monoisotopic (exact) mass is 291 g/mol. The standard InChI is InChI=1S/C10H11BrClNO2/c11-13-3-1-6-5-8(14)10(15)9(12)7(6)2-4-13/h5,14-15H,1-4H2. The Labute approximate surface area is 102 Å². The maximum atomic E-state index is 9.51. The van der Waals surface area contributed by atoms with E-state index in [0.717, 1.165) is 37.1 Å². The molecule has 0 fully saturated rings. The lowest BCUT2D eigenvalue weighted by Crippen LogP contribution is -2.13. The summed E-state index contributed by atoms with van der Waals surface area (Å²) in [7, 11) is 0. The average molecular weight is 293 g/mol. The van der Waals surface area contributed by atoms with Gasteiger partial charge in [-0.3, -0.25) is 0 Å². The second-order valence-electron chi connectivity index (χ2n) is 3.61. The summed E-state index contributed by atoms with van der Waals surface area (Å²) in [6.07, 6.45) is 1.58. The fourth-order valence-corrected chi connectivity index (χ4v) is 2.46. The van der Waals surface area contributed by atoms with Crippen LogP contribution >= 0.6 is 27.7 Å². The molecule has 82 valence electrons. The van der Waals surface area contributed by atoms with Crippen molar-refractivity contribution in [3.05, 3.63) is 22.2 Å². The van der Waals surface area contributed by atoms with E-state index in [1.54, 1.807) is 6.07 Å². The molecule has 1 aliphatic heterocycles. The van der Waals surface area contributed by atoms with E-state index in [0.29, 0.717) is 0 Å². The third kappa shape index (κ3) is 2.07. The highest BCUT2D eigenvalue weighted by Gasteiger charge is 2.19. The molecular formula is C10H11BrClNO2. The first-order chi connectivity index (χ1) is 7.09. The van der Waals surface area contributed by atoms with E-state index in [1.807, 2.05) is 3.93 Å². The van der Waals surface area contributed by atoms with Crippen LogP contribution in [0.3, 0.4) is 0 Å². The third-order valence-electron chi connectivity index (χ3n) is 2.64. The minimum atomic E-state index is -0.210. The van der Waals surface area contributed by atoms with Gasteiger partial charge in [0.05, 0.1) is 5.02 Å². The van der Waals surface area contributed by atoms with Crippen LogP contribution in [0.15, 0.2) is 6.07 Å². The van der Waals surface area contributed by atoms with Crippen molar-refractivity contribution in [2.75, 3.05) is 13.1 Å². The zero-order valence-corrected chi connectivity index (χ0v) is 10.3. The molecule has 1 aromatic carbocycles. The molecule has 0 amide bonds. The van der Waals surface area contributed by atoms with Gasteiger partial charge in [0.2, 0.25) is 0 Å². The predicted octanol–water partition coefficient (Wildman–Crippen LogP) is 2.46. The first-order valence-electron chi connectivity index (χ1n) is 4.72. The number of aromatic hydroxyl groups is 2.